The Morgan fingerprint density at radius 3 is 2.50 bits per heavy atom. The van der Waals surface area contributed by atoms with Crippen molar-refractivity contribution in [3.05, 3.63) is 70.2 Å². The lowest BCUT2D eigenvalue weighted by Crippen LogP contribution is -2.22. The van der Waals surface area contributed by atoms with E-state index in [4.69, 9.17) is 11.6 Å². The second-order valence-corrected chi connectivity index (χ2v) is 5.50. The molecular formula is C18H22ClN. The summed E-state index contributed by atoms with van der Waals surface area (Å²) < 4.78 is 0. The van der Waals surface area contributed by atoms with Crippen molar-refractivity contribution in [2.45, 2.75) is 32.7 Å². The molecule has 0 aliphatic heterocycles. The van der Waals surface area contributed by atoms with Gasteiger partial charge in [-0.05, 0) is 49.1 Å². The molecule has 0 aromatic heterocycles. The zero-order valence-corrected chi connectivity index (χ0v) is 13.0. The van der Waals surface area contributed by atoms with Gasteiger partial charge in [0.25, 0.3) is 0 Å². The van der Waals surface area contributed by atoms with E-state index >= 15 is 0 Å². The first kappa shape index (κ1) is 15.1. The Morgan fingerprint density at radius 1 is 1.05 bits per heavy atom. The Labute approximate surface area is 127 Å². The zero-order chi connectivity index (χ0) is 14.4. The van der Waals surface area contributed by atoms with E-state index in [0.29, 0.717) is 6.04 Å². The summed E-state index contributed by atoms with van der Waals surface area (Å²) in [5, 5.41) is 4.43. The van der Waals surface area contributed by atoms with Gasteiger partial charge in [-0.1, -0.05) is 61.0 Å². The molecule has 1 unspecified atom stereocenters. The normalized spacial score (nSPS) is 12.3. The van der Waals surface area contributed by atoms with Crippen molar-refractivity contribution < 1.29 is 0 Å². The summed E-state index contributed by atoms with van der Waals surface area (Å²) in [6.45, 7) is 5.21. The number of benzene rings is 2. The van der Waals surface area contributed by atoms with Crippen LogP contribution in [-0.4, -0.2) is 6.54 Å². The molecule has 0 saturated heterocycles. The molecule has 2 aromatic rings. The number of aryl methyl sites for hydroxylation is 1. The molecule has 0 amide bonds. The van der Waals surface area contributed by atoms with E-state index in [2.05, 4.69) is 55.6 Å². The average molecular weight is 288 g/mol. The van der Waals surface area contributed by atoms with Gasteiger partial charge in [-0.15, -0.1) is 0 Å². The van der Waals surface area contributed by atoms with Crippen molar-refractivity contribution in [1.29, 1.82) is 0 Å². The predicted octanol–water partition coefficient (Wildman–Crippen LogP) is 4.93. The van der Waals surface area contributed by atoms with Crippen LogP contribution in [0.5, 0.6) is 0 Å². The minimum Gasteiger partial charge on any atom is -0.310 e. The SMILES string of the molecule is CCNC(CCc1ccccc1)c1cccc(Cl)c1C. The van der Waals surface area contributed by atoms with Crippen LogP contribution in [0.4, 0.5) is 0 Å². The number of halogens is 1. The van der Waals surface area contributed by atoms with Crippen LogP contribution >= 0.6 is 11.6 Å². The molecule has 1 N–H and O–H groups in total. The van der Waals surface area contributed by atoms with Crippen molar-refractivity contribution in [1.82, 2.24) is 5.32 Å². The smallest absolute Gasteiger partial charge is 0.0438 e. The van der Waals surface area contributed by atoms with Crippen LogP contribution in [0.1, 0.15) is 36.1 Å². The molecule has 2 rings (SSSR count). The predicted molar refractivity (Wildman–Crippen MR) is 87.4 cm³/mol. The molecule has 0 heterocycles. The van der Waals surface area contributed by atoms with Crippen LogP contribution in [0.15, 0.2) is 48.5 Å². The molecule has 1 atom stereocenters. The number of hydrogen-bond acceptors (Lipinski definition) is 1. The first-order chi connectivity index (χ1) is 9.72. The van der Waals surface area contributed by atoms with Crippen LogP contribution in [0, 0.1) is 6.92 Å². The second-order valence-electron chi connectivity index (χ2n) is 5.09. The molecule has 0 bridgehead atoms. The highest BCUT2D eigenvalue weighted by atomic mass is 35.5. The fourth-order valence-electron chi connectivity index (χ4n) is 2.57. The van der Waals surface area contributed by atoms with Gasteiger partial charge < -0.3 is 5.32 Å². The number of hydrogen-bond donors (Lipinski definition) is 1. The van der Waals surface area contributed by atoms with Crippen molar-refractivity contribution in [2.75, 3.05) is 6.54 Å². The Kier molecular flexibility index (Phi) is 5.63. The summed E-state index contributed by atoms with van der Waals surface area (Å²) in [6, 6.07) is 17.2. The Bertz CT molecular complexity index is 536. The third kappa shape index (κ3) is 3.84. The van der Waals surface area contributed by atoms with E-state index in [1.165, 1.54) is 16.7 Å². The van der Waals surface area contributed by atoms with E-state index in [-0.39, 0.29) is 0 Å². The topological polar surface area (TPSA) is 12.0 Å². The van der Waals surface area contributed by atoms with Crippen LogP contribution in [0.25, 0.3) is 0 Å². The summed E-state index contributed by atoms with van der Waals surface area (Å²) in [5.41, 5.74) is 3.89. The third-order valence-corrected chi connectivity index (χ3v) is 4.11. The summed E-state index contributed by atoms with van der Waals surface area (Å²) >= 11 is 6.25. The minimum atomic E-state index is 0.360. The summed E-state index contributed by atoms with van der Waals surface area (Å²) in [4.78, 5) is 0. The molecule has 2 aromatic carbocycles. The highest BCUT2D eigenvalue weighted by Crippen LogP contribution is 2.27. The third-order valence-electron chi connectivity index (χ3n) is 3.70. The van der Waals surface area contributed by atoms with Gasteiger partial charge in [0.2, 0.25) is 0 Å². The fraction of sp³-hybridized carbons (Fsp3) is 0.333. The molecule has 20 heavy (non-hydrogen) atoms. The van der Waals surface area contributed by atoms with E-state index in [1.807, 2.05) is 12.1 Å². The molecule has 0 fully saturated rings. The first-order valence-electron chi connectivity index (χ1n) is 7.24. The largest absolute Gasteiger partial charge is 0.310 e. The molecule has 0 aliphatic carbocycles. The highest BCUT2D eigenvalue weighted by molar-refractivity contribution is 6.31. The van der Waals surface area contributed by atoms with Crippen molar-refractivity contribution in [3.63, 3.8) is 0 Å². The molecule has 1 nitrogen and oxygen atoms in total. The van der Waals surface area contributed by atoms with Gasteiger partial charge in [0.05, 0.1) is 0 Å². The lowest BCUT2D eigenvalue weighted by atomic mass is 9.95. The number of nitrogens with one attached hydrogen (secondary N) is 1. The first-order valence-corrected chi connectivity index (χ1v) is 7.62. The van der Waals surface area contributed by atoms with E-state index in [0.717, 1.165) is 24.4 Å². The molecule has 2 heteroatoms. The van der Waals surface area contributed by atoms with Crippen LogP contribution in [0.3, 0.4) is 0 Å². The van der Waals surface area contributed by atoms with Crippen molar-refractivity contribution >= 4 is 11.6 Å². The van der Waals surface area contributed by atoms with Crippen LogP contribution in [-0.2, 0) is 6.42 Å². The van der Waals surface area contributed by atoms with Gasteiger partial charge in [-0.2, -0.15) is 0 Å². The van der Waals surface area contributed by atoms with Crippen molar-refractivity contribution in [2.24, 2.45) is 0 Å². The second kappa shape index (κ2) is 7.47. The quantitative estimate of drug-likeness (QED) is 0.794. The van der Waals surface area contributed by atoms with Crippen molar-refractivity contribution in [3.8, 4) is 0 Å². The van der Waals surface area contributed by atoms with Crippen LogP contribution in [0.2, 0.25) is 5.02 Å². The van der Waals surface area contributed by atoms with Gasteiger partial charge >= 0.3 is 0 Å². The summed E-state index contributed by atoms with van der Waals surface area (Å²) in [5.74, 6) is 0. The summed E-state index contributed by atoms with van der Waals surface area (Å²) in [6.07, 6.45) is 2.16. The molecule has 0 spiro atoms. The molecule has 0 saturated carbocycles. The van der Waals surface area contributed by atoms with Gasteiger partial charge in [-0.25, -0.2) is 0 Å². The average Bonchev–Trinajstić information content (AvgIpc) is 2.48. The van der Waals surface area contributed by atoms with E-state index in [9.17, 15) is 0 Å². The van der Waals surface area contributed by atoms with Gasteiger partial charge in [0.1, 0.15) is 0 Å². The standard InChI is InChI=1S/C18H22ClN/c1-3-20-18(13-12-15-8-5-4-6-9-15)16-10-7-11-17(19)14(16)2/h4-11,18,20H,3,12-13H2,1-2H3. The Hall–Kier alpha value is -1.31. The highest BCUT2D eigenvalue weighted by Gasteiger charge is 2.14. The molecular weight excluding hydrogens is 266 g/mol. The van der Waals surface area contributed by atoms with Gasteiger partial charge in [0, 0.05) is 11.1 Å². The minimum absolute atomic E-state index is 0.360. The van der Waals surface area contributed by atoms with Gasteiger partial charge in [-0.3, -0.25) is 0 Å². The maximum Gasteiger partial charge on any atom is 0.0438 e. The molecule has 106 valence electrons. The zero-order valence-electron chi connectivity index (χ0n) is 12.2. The van der Waals surface area contributed by atoms with Gasteiger partial charge in [0.15, 0.2) is 0 Å². The maximum absolute atomic E-state index is 6.25. The Balaban J connectivity index is 2.12. The van der Waals surface area contributed by atoms with E-state index in [1.54, 1.807) is 0 Å². The number of rotatable bonds is 6. The lowest BCUT2D eigenvalue weighted by molar-refractivity contribution is 0.513. The molecule has 0 radical (unpaired) electrons. The summed E-state index contributed by atoms with van der Waals surface area (Å²) in [7, 11) is 0. The monoisotopic (exact) mass is 287 g/mol. The molecule has 0 aliphatic rings. The maximum atomic E-state index is 6.25. The van der Waals surface area contributed by atoms with Crippen LogP contribution < -0.4 is 5.32 Å². The van der Waals surface area contributed by atoms with E-state index < -0.39 is 0 Å². The fourth-order valence-corrected chi connectivity index (χ4v) is 2.75. The Morgan fingerprint density at radius 2 is 1.80 bits per heavy atom. The lowest BCUT2D eigenvalue weighted by Gasteiger charge is -2.21.